The zero-order valence-corrected chi connectivity index (χ0v) is 13.6. The van der Waals surface area contributed by atoms with Crippen LogP contribution < -0.4 is 4.74 Å². The van der Waals surface area contributed by atoms with Crippen molar-refractivity contribution in [3.63, 3.8) is 0 Å². The highest BCUT2D eigenvalue weighted by Gasteiger charge is 2.15. The summed E-state index contributed by atoms with van der Waals surface area (Å²) in [7, 11) is 0. The van der Waals surface area contributed by atoms with Crippen LogP contribution in [0.4, 0.5) is 5.69 Å². The van der Waals surface area contributed by atoms with E-state index in [2.05, 4.69) is 6.58 Å². The molecule has 2 rings (SSSR count). The highest BCUT2D eigenvalue weighted by molar-refractivity contribution is 5.86. The lowest BCUT2D eigenvalue weighted by molar-refractivity contribution is -0.384. The maximum absolute atomic E-state index is 11.4. The van der Waals surface area contributed by atoms with Gasteiger partial charge < -0.3 is 13.9 Å². The molecule has 7 heteroatoms. The fraction of sp³-hybridized carbons (Fsp3) is 0.167. The van der Waals surface area contributed by atoms with E-state index in [0.717, 1.165) is 0 Å². The monoisotopic (exact) mass is 343 g/mol. The maximum Gasteiger partial charge on any atom is 0.331 e. The summed E-state index contributed by atoms with van der Waals surface area (Å²) in [6.07, 6.45) is 4.19. The van der Waals surface area contributed by atoms with Crippen LogP contribution in [-0.4, -0.2) is 24.1 Å². The van der Waals surface area contributed by atoms with Crippen LogP contribution in [0.15, 0.2) is 53.5 Å². The number of carbonyl (C=O) groups excluding carboxylic acids is 1. The van der Waals surface area contributed by atoms with Gasteiger partial charge in [0.15, 0.2) is 0 Å². The molecule has 130 valence electrons. The number of hydrogen-bond donors (Lipinski definition) is 0. The van der Waals surface area contributed by atoms with E-state index in [0.29, 0.717) is 29.4 Å². The molecule has 0 saturated carbocycles. The first kappa shape index (κ1) is 18.0. The summed E-state index contributed by atoms with van der Waals surface area (Å²) >= 11 is 0. The Kier molecular flexibility index (Phi) is 6.11. The van der Waals surface area contributed by atoms with Gasteiger partial charge in [0.25, 0.3) is 5.69 Å². The Labute approximate surface area is 144 Å². The Morgan fingerprint density at radius 2 is 2.16 bits per heavy atom. The summed E-state index contributed by atoms with van der Waals surface area (Å²) < 4.78 is 15.9. The molecule has 0 aliphatic carbocycles. The fourth-order valence-corrected chi connectivity index (χ4v) is 2.03. The molecule has 7 nitrogen and oxygen atoms in total. The minimum Gasteiger partial charge on any atom is -0.493 e. The van der Waals surface area contributed by atoms with Crippen LogP contribution in [0.25, 0.3) is 17.4 Å². The molecule has 0 spiro atoms. The lowest BCUT2D eigenvalue weighted by Crippen LogP contribution is -1.99. The highest BCUT2D eigenvalue weighted by atomic mass is 16.6. The summed E-state index contributed by atoms with van der Waals surface area (Å²) in [5.74, 6) is 0.749. The van der Waals surface area contributed by atoms with Gasteiger partial charge in [-0.15, -0.1) is 0 Å². The summed E-state index contributed by atoms with van der Waals surface area (Å²) in [5.41, 5.74) is 0.519. The lowest BCUT2D eigenvalue weighted by atomic mass is 10.1. The fourth-order valence-electron chi connectivity index (χ4n) is 2.03. The number of carbonyl (C=O) groups is 1. The van der Waals surface area contributed by atoms with Gasteiger partial charge in [-0.1, -0.05) is 12.7 Å². The molecular weight excluding hydrogens is 326 g/mol. The second kappa shape index (κ2) is 8.49. The van der Waals surface area contributed by atoms with Crippen LogP contribution in [-0.2, 0) is 9.53 Å². The summed E-state index contributed by atoms with van der Waals surface area (Å²) in [4.78, 5) is 21.8. The van der Waals surface area contributed by atoms with E-state index in [1.807, 2.05) is 0 Å². The van der Waals surface area contributed by atoms with Gasteiger partial charge in [0.1, 0.15) is 23.9 Å². The van der Waals surface area contributed by atoms with E-state index in [1.54, 1.807) is 25.1 Å². The molecule has 2 aromatic rings. The van der Waals surface area contributed by atoms with Gasteiger partial charge in [0.05, 0.1) is 23.2 Å². The number of nitro groups is 1. The molecule has 25 heavy (non-hydrogen) atoms. The van der Waals surface area contributed by atoms with E-state index in [9.17, 15) is 14.9 Å². The van der Waals surface area contributed by atoms with Gasteiger partial charge in [-0.3, -0.25) is 10.1 Å². The Morgan fingerprint density at radius 3 is 2.84 bits per heavy atom. The number of ether oxygens (including phenoxy) is 2. The molecule has 0 fully saturated rings. The first-order valence-corrected chi connectivity index (χ1v) is 7.52. The summed E-state index contributed by atoms with van der Waals surface area (Å²) in [6.45, 7) is 5.73. The van der Waals surface area contributed by atoms with Gasteiger partial charge in [-0.05, 0) is 31.2 Å². The molecule has 0 saturated heterocycles. The van der Waals surface area contributed by atoms with Crippen molar-refractivity contribution in [1.29, 1.82) is 0 Å². The van der Waals surface area contributed by atoms with Gasteiger partial charge in [0, 0.05) is 12.1 Å². The second-order valence-corrected chi connectivity index (χ2v) is 4.82. The van der Waals surface area contributed by atoms with Crippen molar-refractivity contribution in [3.05, 3.63) is 64.9 Å². The number of nitro benzene ring substituents is 1. The van der Waals surface area contributed by atoms with E-state index >= 15 is 0 Å². The summed E-state index contributed by atoms with van der Waals surface area (Å²) in [5, 5.41) is 10.9. The number of esters is 1. The van der Waals surface area contributed by atoms with Crippen LogP contribution >= 0.6 is 0 Å². The molecule has 0 aliphatic heterocycles. The van der Waals surface area contributed by atoms with E-state index in [1.165, 1.54) is 30.4 Å². The Morgan fingerprint density at radius 1 is 1.36 bits per heavy atom. The molecule has 1 aromatic carbocycles. The second-order valence-electron chi connectivity index (χ2n) is 4.82. The van der Waals surface area contributed by atoms with Gasteiger partial charge in [-0.2, -0.15) is 0 Å². The zero-order chi connectivity index (χ0) is 18.2. The number of hydrogen-bond acceptors (Lipinski definition) is 6. The van der Waals surface area contributed by atoms with Crippen molar-refractivity contribution >= 4 is 17.7 Å². The number of non-ortho nitro benzene ring substituents is 1. The lowest BCUT2D eigenvalue weighted by Gasteiger charge is -2.07. The molecule has 0 radical (unpaired) electrons. The van der Waals surface area contributed by atoms with E-state index in [-0.39, 0.29) is 12.3 Å². The molecule has 0 unspecified atom stereocenters. The SMILES string of the molecule is C=CCOC(=O)/C=C/c1ccc(-c2ccc([N+](=O)[O-])cc2OCC)o1. The maximum atomic E-state index is 11.4. The molecule has 0 bridgehead atoms. The standard InChI is InChI=1S/C18H17NO6/c1-3-11-24-18(20)10-7-14-6-9-16(25-14)15-8-5-13(19(21)22)12-17(15)23-4-2/h3,5-10,12H,1,4,11H2,2H3/b10-7+. The van der Waals surface area contributed by atoms with Crippen molar-refractivity contribution in [3.8, 4) is 17.1 Å². The molecule has 0 atom stereocenters. The molecule has 0 amide bonds. The van der Waals surface area contributed by atoms with E-state index < -0.39 is 10.9 Å². The van der Waals surface area contributed by atoms with Crippen molar-refractivity contribution in [1.82, 2.24) is 0 Å². The third kappa shape index (κ3) is 4.81. The normalized spacial score (nSPS) is 10.6. The Bertz CT molecular complexity index is 806. The Hall–Kier alpha value is -3.35. The van der Waals surface area contributed by atoms with Gasteiger partial charge in [0.2, 0.25) is 0 Å². The number of rotatable bonds is 8. The van der Waals surface area contributed by atoms with Crippen LogP contribution in [0.3, 0.4) is 0 Å². The smallest absolute Gasteiger partial charge is 0.331 e. The average Bonchev–Trinajstić information content (AvgIpc) is 3.07. The molecular formula is C18H17NO6. The predicted octanol–water partition coefficient (Wildman–Crippen LogP) is 4.00. The predicted molar refractivity (Wildman–Crippen MR) is 92.2 cm³/mol. The van der Waals surface area contributed by atoms with Crippen molar-refractivity contribution in [2.24, 2.45) is 0 Å². The largest absolute Gasteiger partial charge is 0.493 e. The Balaban J connectivity index is 2.23. The van der Waals surface area contributed by atoms with E-state index in [4.69, 9.17) is 13.9 Å². The summed E-state index contributed by atoms with van der Waals surface area (Å²) in [6, 6.07) is 7.65. The van der Waals surface area contributed by atoms with Crippen molar-refractivity contribution < 1.29 is 23.6 Å². The van der Waals surface area contributed by atoms with Crippen LogP contribution in [0.5, 0.6) is 5.75 Å². The average molecular weight is 343 g/mol. The topological polar surface area (TPSA) is 91.8 Å². The molecule has 1 heterocycles. The van der Waals surface area contributed by atoms with Crippen molar-refractivity contribution in [2.45, 2.75) is 6.92 Å². The van der Waals surface area contributed by atoms with Crippen LogP contribution in [0.1, 0.15) is 12.7 Å². The van der Waals surface area contributed by atoms with Crippen molar-refractivity contribution in [2.75, 3.05) is 13.2 Å². The third-order valence-electron chi connectivity index (χ3n) is 3.10. The van der Waals surface area contributed by atoms with Gasteiger partial charge in [-0.25, -0.2) is 4.79 Å². The number of benzene rings is 1. The number of furan rings is 1. The third-order valence-corrected chi connectivity index (χ3v) is 3.10. The van der Waals surface area contributed by atoms with Gasteiger partial charge >= 0.3 is 5.97 Å². The molecule has 0 N–H and O–H groups in total. The van der Waals surface area contributed by atoms with Crippen LogP contribution in [0, 0.1) is 10.1 Å². The highest BCUT2D eigenvalue weighted by Crippen LogP contribution is 2.34. The zero-order valence-electron chi connectivity index (χ0n) is 13.6. The first-order chi connectivity index (χ1) is 12.0. The molecule has 0 aliphatic rings. The van der Waals surface area contributed by atoms with Crippen LogP contribution in [0.2, 0.25) is 0 Å². The quantitative estimate of drug-likeness (QED) is 0.236. The minimum atomic E-state index is -0.511. The minimum absolute atomic E-state index is 0.0659. The first-order valence-electron chi connectivity index (χ1n) is 7.52. The molecule has 1 aromatic heterocycles. The number of nitrogens with zero attached hydrogens (tertiary/aromatic N) is 1.